The van der Waals surface area contributed by atoms with Crippen molar-refractivity contribution in [3.8, 4) is 0 Å². The van der Waals surface area contributed by atoms with Gasteiger partial charge in [0.2, 0.25) is 0 Å². The van der Waals surface area contributed by atoms with E-state index < -0.39 is 0 Å². The van der Waals surface area contributed by atoms with E-state index in [-0.39, 0.29) is 0 Å². The van der Waals surface area contributed by atoms with Crippen LogP contribution in [0.1, 0.15) is 103 Å². The van der Waals surface area contributed by atoms with Crippen molar-refractivity contribution in [1.29, 1.82) is 0 Å². The Kier molecular flexibility index (Phi) is 13.1. The van der Waals surface area contributed by atoms with Crippen LogP contribution in [0.2, 0.25) is 0 Å². The van der Waals surface area contributed by atoms with Gasteiger partial charge in [-0.05, 0) is 25.0 Å². The third-order valence-corrected chi connectivity index (χ3v) is 4.51. The SMILES string of the molecule is CCCCCCCCCCCCCCCCc1ccccn1. The Morgan fingerprint density at radius 1 is 0.636 bits per heavy atom. The van der Waals surface area contributed by atoms with Crippen LogP contribution in [0.3, 0.4) is 0 Å². The summed E-state index contributed by atoms with van der Waals surface area (Å²) in [6.07, 6.45) is 23.0. The van der Waals surface area contributed by atoms with Gasteiger partial charge >= 0.3 is 0 Å². The number of aromatic nitrogens is 1. The maximum Gasteiger partial charge on any atom is 0.0403 e. The summed E-state index contributed by atoms with van der Waals surface area (Å²) >= 11 is 0. The van der Waals surface area contributed by atoms with Gasteiger partial charge in [0, 0.05) is 11.9 Å². The molecule has 1 nitrogen and oxygen atoms in total. The lowest BCUT2D eigenvalue weighted by Gasteiger charge is -2.03. The predicted molar refractivity (Wildman–Crippen MR) is 98.3 cm³/mol. The second kappa shape index (κ2) is 15.1. The second-order valence-corrected chi connectivity index (χ2v) is 6.67. The van der Waals surface area contributed by atoms with Crippen LogP contribution in [0.5, 0.6) is 0 Å². The number of aryl methyl sites for hydroxylation is 1. The van der Waals surface area contributed by atoms with E-state index in [1.807, 2.05) is 12.3 Å². The minimum atomic E-state index is 1.15. The van der Waals surface area contributed by atoms with E-state index in [4.69, 9.17) is 0 Å². The van der Waals surface area contributed by atoms with Crippen molar-refractivity contribution in [2.75, 3.05) is 0 Å². The zero-order valence-electron chi connectivity index (χ0n) is 14.9. The van der Waals surface area contributed by atoms with Crippen LogP contribution in [0.15, 0.2) is 24.4 Å². The van der Waals surface area contributed by atoms with Gasteiger partial charge < -0.3 is 0 Å². The highest BCUT2D eigenvalue weighted by Gasteiger charge is 1.95. The number of unbranched alkanes of at least 4 members (excludes halogenated alkanes) is 13. The molecule has 0 aromatic carbocycles. The normalized spacial score (nSPS) is 11.0. The van der Waals surface area contributed by atoms with Crippen LogP contribution in [-0.2, 0) is 6.42 Å². The molecule has 0 saturated heterocycles. The minimum Gasteiger partial charge on any atom is -0.261 e. The summed E-state index contributed by atoms with van der Waals surface area (Å²) in [6.45, 7) is 2.29. The molecule has 0 aliphatic heterocycles. The van der Waals surface area contributed by atoms with E-state index in [1.54, 1.807) is 0 Å². The molecule has 0 aliphatic rings. The summed E-state index contributed by atoms with van der Waals surface area (Å²) in [5.74, 6) is 0. The molecule has 126 valence electrons. The van der Waals surface area contributed by atoms with Crippen LogP contribution in [0.4, 0.5) is 0 Å². The summed E-state index contributed by atoms with van der Waals surface area (Å²) < 4.78 is 0. The van der Waals surface area contributed by atoms with Crippen LogP contribution in [0.25, 0.3) is 0 Å². The van der Waals surface area contributed by atoms with Crippen molar-refractivity contribution < 1.29 is 0 Å². The summed E-state index contributed by atoms with van der Waals surface area (Å²) in [5.41, 5.74) is 1.25. The zero-order chi connectivity index (χ0) is 15.7. The van der Waals surface area contributed by atoms with Gasteiger partial charge in [-0.2, -0.15) is 0 Å². The smallest absolute Gasteiger partial charge is 0.0403 e. The van der Waals surface area contributed by atoms with Crippen molar-refractivity contribution in [3.63, 3.8) is 0 Å². The highest BCUT2D eigenvalue weighted by atomic mass is 14.7. The maximum atomic E-state index is 4.38. The number of hydrogen-bond acceptors (Lipinski definition) is 1. The Morgan fingerprint density at radius 3 is 1.59 bits per heavy atom. The molecule has 1 heterocycles. The molecule has 1 heteroatoms. The van der Waals surface area contributed by atoms with E-state index in [9.17, 15) is 0 Å². The van der Waals surface area contributed by atoms with E-state index in [0.29, 0.717) is 0 Å². The Morgan fingerprint density at radius 2 is 1.14 bits per heavy atom. The molecule has 1 aromatic heterocycles. The average molecular weight is 304 g/mol. The zero-order valence-corrected chi connectivity index (χ0v) is 14.9. The Labute approximate surface area is 138 Å². The molecule has 0 saturated carbocycles. The van der Waals surface area contributed by atoms with Crippen molar-refractivity contribution in [2.45, 2.75) is 103 Å². The summed E-state index contributed by atoms with van der Waals surface area (Å²) in [5, 5.41) is 0. The molecule has 0 aliphatic carbocycles. The highest BCUT2D eigenvalue weighted by molar-refractivity contribution is 5.03. The van der Waals surface area contributed by atoms with Gasteiger partial charge in [0.1, 0.15) is 0 Å². The quantitative estimate of drug-likeness (QED) is 0.315. The molecule has 0 spiro atoms. The number of rotatable bonds is 15. The lowest BCUT2D eigenvalue weighted by molar-refractivity contribution is 0.535. The van der Waals surface area contributed by atoms with Gasteiger partial charge in [-0.3, -0.25) is 4.98 Å². The van der Waals surface area contributed by atoms with Gasteiger partial charge in [-0.15, -0.1) is 0 Å². The molecule has 0 radical (unpaired) electrons. The second-order valence-electron chi connectivity index (χ2n) is 6.67. The minimum absolute atomic E-state index is 1.15. The molecule has 1 aromatic rings. The standard InChI is InChI=1S/C21H37N/c1-2-3-4-5-6-7-8-9-10-11-12-13-14-15-18-21-19-16-17-20-22-21/h16-17,19-20H,2-15,18H2,1H3. The Bertz CT molecular complexity index is 320. The fourth-order valence-electron chi connectivity index (χ4n) is 3.05. The summed E-state index contributed by atoms with van der Waals surface area (Å²) in [7, 11) is 0. The molecule has 22 heavy (non-hydrogen) atoms. The van der Waals surface area contributed by atoms with Crippen LogP contribution in [0, 0.1) is 0 Å². The van der Waals surface area contributed by atoms with Gasteiger partial charge in [0.05, 0.1) is 0 Å². The molecule has 0 N–H and O–H groups in total. The third kappa shape index (κ3) is 11.8. The van der Waals surface area contributed by atoms with Crippen molar-refractivity contribution in [2.24, 2.45) is 0 Å². The van der Waals surface area contributed by atoms with Crippen molar-refractivity contribution in [3.05, 3.63) is 30.1 Å². The predicted octanol–water partition coefficient (Wildman–Crippen LogP) is 7.11. The monoisotopic (exact) mass is 303 g/mol. The number of pyridine rings is 1. The average Bonchev–Trinajstić information content (AvgIpc) is 2.56. The Balaban J connectivity index is 1.73. The first-order valence-corrected chi connectivity index (χ1v) is 9.83. The lowest BCUT2D eigenvalue weighted by Crippen LogP contribution is -1.89. The highest BCUT2D eigenvalue weighted by Crippen LogP contribution is 2.13. The Hall–Kier alpha value is -0.850. The molecule has 1 rings (SSSR count). The van der Waals surface area contributed by atoms with Crippen molar-refractivity contribution >= 4 is 0 Å². The number of hydrogen-bond donors (Lipinski definition) is 0. The van der Waals surface area contributed by atoms with Gasteiger partial charge in [-0.25, -0.2) is 0 Å². The van der Waals surface area contributed by atoms with Gasteiger partial charge in [0.15, 0.2) is 0 Å². The van der Waals surface area contributed by atoms with Crippen LogP contribution < -0.4 is 0 Å². The number of nitrogens with zero attached hydrogens (tertiary/aromatic N) is 1. The first kappa shape index (κ1) is 19.2. The van der Waals surface area contributed by atoms with Crippen molar-refractivity contribution in [1.82, 2.24) is 4.98 Å². The molecule has 0 amide bonds. The topological polar surface area (TPSA) is 12.9 Å². The van der Waals surface area contributed by atoms with Crippen LogP contribution >= 0.6 is 0 Å². The molecule has 0 atom stereocenters. The molecule has 0 bridgehead atoms. The van der Waals surface area contributed by atoms with Crippen LogP contribution in [-0.4, -0.2) is 4.98 Å². The molecule has 0 fully saturated rings. The maximum absolute atomic E-state index is 4.38. The summed E-state index contributed by atoms with van der Waals surface area (Å²) in [4.78, 5) is 4.38. The third-order valence-electron chi connectivity index (χ3n) is 4.51. The molecular weight excluding hydrogens is 266 g/mol. The van der Waals surface area contributed by atoms with E-state index >= 15 is 0 Å². The largest absolute Gasteiger partial charge is 0.261 e. The van der Waals surface area contributed by atoms with E-state index in [0.717, 1.165) is 6.42 Å². The van der Waals surface area contributed by atoms with Gasteiger partial charge in [0.25, 0.3) is 0 Å². The summed E-state index contributed by atoms with van der Waals surface area (Å²) in [6, 6.07) is 6.23. The first-order chi connectivity index (χ1) is 10.9. The first-order valence-electron chi connectivity index (χ1n) is 9.83. The fraction of sp³-hybridized carbons (Fsp3) is 0.762. The molecule has 0 unspecified atom stereocenters. The van der Waals surface area contributed by atoms with E-state index in [2.05, 4.69) is 24.0 Å². The van der Waals surface area contributed by atoms with E-state index in [1.165, 1.54) is 95.6 Å². The molecular formula is C21H37N. The fourth-order valence-corrected chi connectivity index (χ4v) is 3.05. The van der Waals surface area contributed by atoms with Gasteiger partial charge in [-0.1, -0.05) is 96.5 Å². The lowest BCUT2D eigenvalue weighted by atomic mass is 10.0.